The van der Waals surface area contributed by atoms with Gasteiger partial charge in [0, 0.05) is 31.2 Å². The van der Waals surface area contributed by atoms with Gasteiger partial charge in [0.2, 0.25) is 0 Å². The first-order chi connectivity index (χ1) is 12.1. The maximum Gasteiger partial charge on any atom is 0.279 e. The molecule has 130 valence electrons. The maximum atomic E-state index is 12.2. The highest BCUT2D eigenvalue weighted by Gasteiger charge is 2.24. The minimum Gasteiger partial charge on any atom is -0.361 e. The van der Waals surface area contributed by atoms with Gasteiger partial charge in [0.05, 0.1) is 12.5 Å². The molecule has 0 aliphatic heterocycles. The van der Waals surface area contributed by atoms with Crippen LogP contribution in [-0.4, -0.2) is 42.5 Å². The third-order valence-electron chi connectivity index (χ3n) is 4.75. The smallest absolute Gasteiger partial charge is 0.279 e. The van der Waals surface area contributed by atoms with Gasteiger partial charge in [-0.3, -0.25) is 4.79 Å². The third-order valence-corrected chi connectivity index (χ3v) is 4.75. The number of carbonyl (C=O) groups is 1. The maximum absolute atomic E-state index is 12.2. The van der Waals surface area contributed by atoms with Crippen LogP contribution >= 0.6 is 0 Å². The summed E-state index contributed by atoms with van der Waals surface area (Å²) in [5.41, 5.74) is 3.70. The van der Waals surface area contributed by atoms with Gasteiger partial charge in [-0.25, -0.2) is 0 Å². The Labute approximate surface area is 148 Å². The molecular weight excluding hydrogens is 310 g/mol. The van der Waals surface area contributed by atoms with Crippen molar-refractivity contribution < 1.29 is 10.1 Å². The number of hydrogen-bond acceptors (Lipinski definition) is 1. The molecule has 2 aromatic carbocycles. The van der Waals surface area contributed by atoms with Crippen LogP contribution in [0.25, 0.3) is 10.9 Å². The van der Waals surface area contributed by atoms with Gasteiger partial charge in [0.25, 0.3) is 5.91 Å². The summed E-state index contributed by atoms with van der Waals surface area (Å²) in [6, 6.07) is 18.8. The lowest BCUT2D eigenvalue weighted by Gasteiger charge is -2.20. The summed E-state index contributed by atoms with van der Waals surface area (Å²) in [5.74, 6) is 0.375. The Morgan fingerprint density at radius 1 is 1.08 bits per heavy atom. The van der Waals surface area contributed by atoms with Crippen LogP contribution in [0.2, 0.25) is 0 Å². The molecule has 0 spiro atoms. The normalized spacial score (nSPS) is 13.6. The molecule has 1 amide bonds. The third kappa shape index (κ3) is 3.74. The molecule has 3 rings (SSSR count). The topological polar surface area (TPSA) is 52.7 Å². The second-order valence-corrected chi connectivity index (χ2v) is 6.75. The van der Waals surface area contributed by atoms with Crippen LogP contribution in [0.5, 0.6) is 0 Å². The molecule has 0 aliphatic carbocycles. The number of likely N-dealkylation sites (N-methyl/N-ethyl adjacent to an activating group) is 1. The fourth-order valence-corrected chi connectivity index (χ4v) is 3.36. The lowest BCUT2D eigenvalue weighted by molar-refractivity contribution is -0.675. The van der Waals surface area contributed by atoms with E-state index >= 15 is 0 Å². The van der Waals surface area contributed by atoms with Gasteiger partial charge < -0.3 is 15.2 Å². The van der Waals surface area contributed by atoms with E-state index in [-0.39, 0.29) is 17.9 Å². The predicted octanol–water partition coefficient (Wildman–Crippen LogP) is 2.34. The lowest BCUT2D eigenvalue weighted by Crippen LogP contribution is -2.92. The fourth-order valence-electron chi connectivity index (χ4n) is 3.36. The van der Waals surface area contributed by atoms with Crippen LogP contribution in [0.4, 0.5) is 0 Å². The van der Waals surface area contributed by atoms with Gasteiger partial charge in [-0.15, -0.1) is 0 Å². The summed E-state index contributed by atoms with van der Waals surface area (Å²) in [5, 5.41) is 3.39. The van der Waals surface area contributed by atoms with Crippen molar-refractivity contribution in [2.45, 2.75) is 18.9 Å². The lowest BCUT2D eigenvalue weighted by atomic mass is 9.90. The Bertz CT molecular complexity index is 838. The Morgan fingerprint density at radius 2 is 1.76 bits per heavy atom. The first-order valence-electron chi connectivity index (χ1n) is 8.73. The molecule has 0 saturated carbocycles. The number of aromatic nitrogens is 1. The molecule has 25 heavy (non-hydrogen) atoms. The van der Waals surface area contributed by atoms with E-state index in [0.29, 0.717) is 0 Å². The van der Waals surface area contributed by atoms with Crippen LogP contribution in [0.1, 0.15) is 24.0 Å². The van der Waals surface area contributed by atoms with Gasteiger partial charge in [-0.05, 0) is 24.1 Å². The van der Waals surface area contributed by atoms with Crippen LogP contribution in [0.15, 0.2) is 60.8 Å². The summed E-state index contributed by atoms with van der Waals surface area (Å²) < 4.78 is 0. The molecule has 2 atom stereocenters. The molecule has 0 unspecified atom stereocenters. The Kier molecular flexibility index (Phi) is 5.19. The van der Waals surface area contributed by atoms with E-state index in [4.69, 9.17) is 0 Å². The molecule has 0 bridgehead atoms. The van der Waals surface area contributed by atoms with Crippen molar-refractivity contribution in [1.29, 1.82) is 0 Å². The predicted molar refractivity (Wildman–Crippen MR) is 102 cm³/mol. The average Bonchev–Trinajstić information content (AvgIpc) is 3.06. The highest BCUT2D eigenvalue weighted by atomic mass is 16.2. The van der Waals surface area contributed by atoms with E-state index in [1.807, 2.05) is 19.1 Å². The number of quaternary nitrogens is 1. The molecule has 4 nitrogen and oxygen atoms in total. The monoisotopic (exact) mass is 336 g/mol. The molecular formula is C21H26N3O+. The average molecular weight is 336 g/mol. The number of nitrogens with two attached hydrogens (primary N) is 1. The number of fused-ring (bicyclic) bond motifs is 1. The van der Waals surface area contributed by atoms with Crippen LogP contribution in [0, 0.1) is 0 Å². The van der Waals surface area contributed by atoms with Crippen molar-refractivity contribution in [2.24, 2.45) is 0 Å². The second kappa shape index (κ2) is 7.53. The Balaban J connectivity index is 1.90. The highest BCUT2D eigenvalue weighted by molar-refractivity contribution is 5.84. The van der Waals surface area contributed by atoms with Gasteiger partial charge in [0.15, 0.2) is 6.04 Å². The zero-order valence-corrected chi connectivity index (χ0v) is 15.1. The Morgan fingerprint density at radius 3 is 2.48 bits per heavy atom. The molecule has 0 saturated heterocycles. The van der Waals surface area contributed by atoms with Crippen molar-refractivity contribution >= 4 is 16.8 Å². The van der Waals surface area contributed by atoms with Crippen LogP contribution < -0.4 is 5.32 Å². The molecule has 0 radical (unpaired) electrons. The number of carbonyl (C=O) groups excluding carboxylic acids is 1. The molecule has 0 aliphatic rings. The van der Waals surface area contributed by atoms with E-state index in [1.54, 1.807) is 19.0 Å². The SMILES string of the molecule is C[C@H]([NH2+]C[C@H](c1ccccc1)c1c[nH]c2ccccc12)C(=O)N(C)C. The van der Waals surface area contributed by atoms with Crippen molar-refractivity contribution in [2.75, 3.05) is 20.6 Å². The highest BCUT2D eigenvalue weighted by Crippen LogP contribution is 2.29. The Hall–Kier alpha value is -2.59. The molecule has 3 N–H and O–H groups in total. The number of para-hydroxylation sites is 1. The van der Waals surface area contributed by atoms with E-state index in [0.717, 1.165) is 12.1 Å². The zero-order chi connectivity index (χ0) is 17.8. The van der Waals surface area contributed by atoms with Crippen LogP contribution in [-0.2, 0) is 4.79 Å². The van der Waals surface area contributed by atoms with E-state index in [9.17, 15) is 4.79 Å². The number of benzene rings is 2. The zero-order valence-electron chi connectivity index (χ0n) is 15.1. The summed E-state index contributed by atoms with van der Waals surface area (Å²) in [6.45, 7) is 2.80. The van der Waals surface area contributed by atoms with E-state index in [2.05, 4.69) is 59.0 Å². The first kappa shape index (κ1) is 17.2. The minimum absolute atomic E-state index is 0.0913. The van der Waals surface area contributed by atoms with Crippen molar-refractivity contribution in [3.63, 3.8) is 0 Å². The van der Waals surface area contributed by atoms with Crippen LogP contribution in [0.3, 0.4) is 0 Å². The van der Waals surface area contributed by atoms with Crippen molar-refractivity contribution in [3.05, 3.63) is 71.9 Å². The van der Waals surface area contributed by atoms with Gasteiger partial charge >= 0.3 is 0 Å². The number of nitrogens with zero attached hydrogens (tertiary/aromatic N) is 1. The summed E-state index contributed by atoms with van der Waals surface area (Å²) in [6.07, 6.45) is 2.11. The number of rotatable bonds is 6. The summed E-state index contributed by atoms with van der Waals surface area (Å²) in [4.78, 5) is 17.2. The molecule has 1 aromatic heterocycles. The summed E-state index contributed by atoms with van der Waals surface area (Å²) in [7, 11) is 3.61. The molecule has 3 aromatic rings. The number of amides is 1. The fraction of sp³-hybridized carbons (Fsp3) is 0.286. The second-order valence-electron chi connectivity index (χ2n) is 6.75. The van der Waals surface area contributed by atoms with Crippen molar-refractivity contribution in [1.82, 2.24) is 9.88 Å². The van der Waals surface area contributed by atoms with E-state index in [1.165, 1.54) is 16.5 Å². The van der Waals surface area contributed by atoms with E-state index < -0.39 is 0 Å². The largest absolute Gasteiger partial charge is 0.361 e. The van der Waals surface area contributed by atoms with Gasteiger partial charge in [0.1, 0.15) is 0 Å². The number of H-pyrrole nitrogens is 1. The number of nitrogens with one attached hydrogen (secondary N) is 1. The minimum atomic E-state index is -0.0913. The molecule has 1 heterocycles. The first-order valence-corrected chi connectivity index (χ1v) is 8.73. The standard InChI is InChI=1S/C21H25N3O/c1-15(21(25)24(2)3)22-13-18(16-9-5-4-6-10-16)19-14-23-20-12-8-7-11-17(19)20/h4-12,14-15,18,22-23H,13H2,1-3H3/p+1/t15-,18+/m0/s1. The molecule has 4 heteroatoms. The number of hydrogen-bond donors (Lipinski definition) is 2. The van der Waals surface area contributed by atoms with Crippen molar-refractivity contribution in [3.8, 4) is 0 Å². The number of aromatic amines is 1. The quantitative estimate of drug-likeness (QED) is 0.713. The van der Waals surface area contributed by atoms with Gasteiger partial charge in [-0.2, -0.15) is 0 Å². The van der Waals surface area contributed by atoms with Gasteiger partial charge in [-0.1, -0.05) is 48.5 Å². The molecule has 0 fully saturated rings. The summed E-state index contributed by atoms with van der Waals surface area (Å²) >= 11 is 0.